The molecule has 0 radical (unpaired) electrons. The zero-order chi connectivity index (χ0) is 28.1. The Bertz CT molecular complexity index is 1240. The predicted octanol–water partition coefficient (Wildman–Crippen LogP) is 6.66. The molecule has 2 aliphatic heterocycles. The van der Waals surface area contributed by atoms with Gasteiger partial charge in [0.2, 0.25) is 0 Å². The number of benzene rings is 2. The SMILES string of the molecule is CCC(CC)[C@H](C(=O)O)N1CC(CN2CCC(c3cnc(Cc4ccccc4)s3)CC2)C(c2cccc(F)c2)C1. The van der Waals surface area contributed by atoms with E-state index < -0.39 is 12.0 Å². The average molecular weight is 564 g/mol. The third kappa shape index (κ3) is 6.81. The molecule has 0 spiro atoms. The third-order valence-electron chi connectivity index (χ3n) is 9.14. The maximum absolute atomic E-state index is 14.2. The van der Waals surface area contributed by atoms with E-state index in [0.29, 0.717) is 12.5 Å². The summed E-state index contributed by atoms with van der Waals surface area (Å²) in [6.07, 6.45) is 6.88. The van der Waals surface area contributed by atoms with Crippen LogP contribution in [0.3, 0.4) is 0 Å². The van der Waals surface area contributed by atoms with Gasteiger partial charge in [0.15, 0.2) is 0 Å². The van der Waals surface area contributed by atoms with Gasteiger partial charge < -0.3 is 10.0 Å². The first-order chi connectivity index (χ1) is 19.4. The van der Waals surface area contributed by atoms with Crippen LogP contribution in [-0.2, 0) is 11.2 Å². The molecule has 0 bridgehead atoms. The van der Waals surface area contributed by atoms with Gasteiger partial charge in [-0.25, -0.2) is 9.37 Å². The lowest BCUT2D eigenvalue weighted by Gasteiger charge is -2.34. The Labute approximate surface area is 242 Å². The van der Waals surface area contributed by atoms with Crippen LogP contribution in [0.15, 0.2) is 60.8 Å². The number of aliphatic carboxylic acids is 1. The van der Waals surface area contributed by atoms with Crippen LogP contribution < -0.4 is 0 Å². The number of aromatic nitrogens is 1. The summed E-state index contributed by atoms with van der Waals surface area (Å²) in [5.74, 6) is 0.114. The molecule has 3 aromatic rings. The normalized spacial score (nSPS) is 21.7. The quantitative estimate of drug-likeness (QED) is 0.283. The molecular formula is C33H42FN3O2S. The van der Waals surface area contributed by atoms with Gasteiger partial charge in [0, 0.05) is 43.0 Å². The summed E-state index contributed by atoms with van der Waals surface area (Å²) in [5, 5.41) is 11.4. The molecule has 1 N–H and O–H groups in total. The number of carbonyl (C=O) groups is 1. The van der Waals surface area contributed by atoms with E-state index in [1.807, 2.05) is 23.5 Å². The summed E-state index contributed by atoms with van der Waals surface area (Å²) in [4.78, 5) is 23.2. The molecule has 40 heavy (non-hydrogen) atoms. The van der Waals surface area contributed by atoms with Crippen molar-refractivity contribution in [2.75, 3.05) is 32.7 Å². The summed E-state index contributed by atoms with van der Waals surface area (Å²) in [6.45, 7) is 8.55. The number of nitrogens with zero attached hydrogens (tertiary/aromatic N) is 3. The van der Waals surface area contributed by atoms with Gasteiger partial charge >= 0.3 is 5.97 Å². The Hall–Kier alpha value is -2.61. The number of halogens is 1. The van der Waals surface area contributed by atoms with Crippen molar-refractivity contribution in [3.05, 3.63) is 87.6 Å². The topological polar surface area (TPSA) is 56.7 Å². The molecule has 5 rings (SSSR count). The first-order valence-electron chi connectivity index (χ1n) is 14.9. The molecule has 3 heterocycles. The van der Waals surface area contributed by atoms with Crippen molar-refractivity contribution < 1.29 is 14.3 Å². The van der Waals surface area contributed by atoms with Crippen molar-refractivity contribution in [2.24, 2.45) is 11.8 Å². The number of thiazole rings is 1. The van der Waals surface area contributed by atoms with E-state index in [9.17, 15) is 14.3 Å². The predicted molar refractivity (Wildman–Crippen MR) is 159 cm³/mol. The Morgan fingerprint density at radius 1 is 1.07 bits per heavy atom. The van der Waals surface area contributed by atoms with Crippen molar-refractivity contribution in [1.82, 2.24) is 14.8 Å². The van der Waals surface area contributed by atoms with Crippen LogP contribution in [0.1, 0.15) is 72.4 Å². The lowest BCUT2D eigenvalue weighted by atomic mass is 9.87. The van der Waals surface area contributed by atoms with E-state index in [1.165, 1.54) is 21.5 Å². The van der Waals surface area contributed by atoms with Crippen LogP contribution in [0.5, 0.6) is 0 Å². The molecule has 214 valence electrons. The summed E-state index contributed by atoms with van der Waals surface area (Å²) < 4.78 is 14.2. The van der Waals surface area contributed by atoms with Crippen LogP contribution >= 0.6 is 11.3 Å². The van der Waals surface area contributed by atoms with Crippen LogP contribution in [-0.4, -0.2) is 64.6 Å². The van der Waals surface area contributed by atoms with Crippen molar-refractivity contribution >= 4 is 17.3 Å². The van der Waals surface area contributed by atoms with Gasteiger partial charge in [0.05, 0.1) is 5.01 Å². The van der Waals surface area contributed by atoms with E-state index in [0.717, 1.165) is 63.8 Å². The largest absolute Gasteiger partial charge is 0.480 e. The Morgan fingerprint density at radius 2 is 1.82 bits per heavy atom. The van der Waals surface area contributed by atoms with Gasteiger partial charge in [-0.15, -0.1) is 11.3 Å². The standard InChI is InChI=1S/C33H42FN3O2S/c1-3-24(4-2)32(33(38)39)37-21-27(29(22-37)26-11-8-12-28(34)18-26)20-36-15-13-25(14-16-36)30-19-35-31(40-30)17-23-9-6-5-7-10-23/h5-12,18-19,24-25,27,29,32H,3-4,13-17,20-22H2,1-2H3,(H,38,39)/t27?,29?,32-/m1/s1. The smallest absolute Gasteiger partial charge is 0.321 e. The van der Waals surface area contributed by atoms with E-state index in [1.54, 1.807) is 12.1 Å². The Kier molecular flexibility index (Phi) is 9.66. The molecule has 0 amide bonds. The fourth-order valence-corrected chi connectivity index (χ4v) is 8.04. The highest BCUT2D eigenvalue weighted by Crippen LogP contribution is 2.38. The van der Waals surface area contributed by atoms with Crippen molar-refractivity contribution in [3.8, 4) is 0 Å². The zero-order valence-electron chi connectivity index (χ0n) is 23.7. The number of carboxylic acids is 1. The minimum Gasteiger partial charge on any atom is -0.480 e. The molecule has 2 saturated heterocycles. The van der Waals surface area contributed by atoms with Crippen LogP contribution in [0, 0.1) is 17.7 Å². The first-order valence-corrected chi connectivity index (χ1v) is 15.7. The Morgan fingerprint density at radius 3 is 2.50 bits per heavy atom. The van der Waals surface area contributed by atoms with Crippen molar-refractivity contribution in [2.45, 2.75) is 63.8 Å². The number of hydrogen-bond donors (Lipinski definition) is 1. The molecule has 2 fully saturated rings. The summed E-state index contributed by atoms with van der Waals surface area (Å²) in [7, 11) is 0. The highest BCUT2D eigenvalue weighted by Gasteiger charge is 2.42. The fourth-order valence-electron chi connectivity index (χ4n) is 6.92. The molecule has 2 unspecified atom stereocenters. The number of carboxylic acid groups (broad SMARTS) is 1. The second-order valence-corrected chi connectivity index (χ2v) is 12.8. The number of piperidine rings is 1. The third-order valence-corrected chi connectivity index (χ3v) is 10.3. The van der Waals surface area contributed by atoms with E-state index in [-0.39, 0.29) is 23.6 Å². The molecule has 2 aliphatic rings. The second-order valence-electron chi connectivity index (χ2n) is 11.6. The van der Waals surface area contributed by atoms with Gasteiger partial charge in [-0.1, -0.05) is 69.2 Å². The summed E-state index contributed by atoms with van der Waals surface area (Å²) >= 11 is 1.85. The van der Waals surface area contributed by atoms with Gasteiger partial charge in [-0.2, -0.15) is 0 Å². The van der Waals surface area contributed by atoms with E-state index in [2.05, 4.69) is 54.1 Å². The molecule has 7 heteroatoms. The lowest BCUT2D eigenvalue weighted by molar-refractivity contribution is -0.145. The molecular weight excluding hydrogens is 521 g/mol. The molecule has 1 aromatic heterocycles. The number of likely N-dealkylation sites (tertiary alicyclic amines) is 2. The van der Waals surface area contributed by atoms with E-state index >= 15 is 0 Å². The molecule has 3 atom stereocenters. The Balaban J connectivity index is 1.24. The van der Waals surface area contributed by atoms with Gasteiger partial charge in [-0.05, 0) is 66.9 Å². The fraction of sp³-hybridized carbons (Fsp3) is 0.515. The zero-order valence-corrected chi connectivity index (χ0v) is 24.5. The highest BCUT2D eigenvalue weighted by atomic mass is 32.1. The number of hydrogen-bond acceptors (Lipinski definition) is 5. The maximum atomic E-state index is 14.2. The van der Waals surface area contributed by atoms with Crippen molar-refractivity contribution in [1.29, 1.82) is 0 Å². The van der Waals surface area contributed by atoms with Gasteiger partial charge in [-0.3, -0.25) is 9.69 Å². The molecule has 0 saturated carbocycles. The van der Waals surface area contributed by atoms with Gasteiger partial charge in [0.25, 0.3) is 0 Å². The summed E-state index contributed by atoms with van der Waals surface area (Å²) in [5.41, 5.74) is 2.29. The highest BCUT2D eigenvalue weighted by molar-refractivity contribution is 7.11. The number of rotatable bonds is 11. The van der Waals surface area contributed by atoms with Gasteiger partial charge in [0.1, 0.15) is 11.9 Å². The first kappa shape index (κ1) is 28.9. The molecule has 2 aromatic carbocycles. The minimum atomic E-state index is -0.732. The van der Waals surface area contributed by atoms with Crippen LogP contribution in [0.25, 0.3) is 0 Å². The second kappa shape index (κ2) is 13.4. The van der Waals surface area contributed by atoms with Crippen LogP contribution in [0.4, 0.5) is 4.39 Å². The monoisotopic (exact) mass is 563 g/mol. The summed E-state index contributed by atoms with van der Waals surface area (Å²) in [6, 6.07) is 17.0. The molecule has 5 nitrogen and oxygen atoms in total. The van der Waals surface area contributed by atoms with E-state index in [4.69, 9.17) is 4.98 Å². The molecule has 0 aliphatic carbocycles. The van der Waals surface area contributed by atoms with Crippen LogP contribution in [0.2, 0.25) is 0 Å². The lowest BCUT2D eigenvalue weighted by Crippen LogP contribution is -2.45. The van der Waals surface area contributed by atoms with Crippen molar-refractivity contribution in [3.63, 3.8) is 0 Å². The minimum absolute atomic E-state index is 0.117. The maximum Gasteiger partial charge on any atom is 0.321 e. The average Bonchev–Trinajstić information content (AvgIpc) is 3.59.